The van der Waals surface area contributed by atoms with Crippen LogP contribution in [-0.2, 0) is 4.79 Å². The number of phenolic OH excluding ortho intramolecular Hbond substituents is 1. The summed E-state index contributed by atoms with van der Waals surface area (Å²) in [6.07, 6.45) is 8.44. The number of pyridine rings is 1. The number of imidazole rings is 1. The average Bonchev–Trinajstić information content (AvgIpc) is 3.17. The Labute approximate surface area is 170 Å². The van der Waals surface area contributed by atoms with Crippen LogP contribution in [-0.4, -0.2) is 43.5 Å². The van der Waals surface area contributed by atoms with E-state index in [0.29, 0.717) is 0 Å². The van der Waals surface area contributed by atoms with Gasteiger partial charge in [-0.15, -0.1) is 0 Å². The smallest absolute Gasteiger partial charge is 0.246 e. The number of piperidine rings is 1. The number of carbonyl (C=O) groups excluding carboxylic acids is 1. The molecular formula is C23H25N3O3. The lowest BCUT2D eigenvalue weighted by Crippen LogP contribution is -2.51. The molecule has 1 amide bonds. The Morgan fingerprint density at radius 1 is 1.21 bits per heavy atom. The molecule has 0 spiro atoms. The van der Waals surface area contributed by atoms with Crippen LogP contribution in [0.1, 0.15) is 26.7 Å². The molecule has 3 atom stereocenters. The van der Waals surface area contributed by atoms with E-state index >= 15 is 0 Å². The van der Waals surface area contributed by atoms with Crippen LogP contribution in [0.2, 0.25) is 0 Å². The monoisotopic (exact) mass is 391 g/mol. The van der Waals surface area contributed by atoms with Crippen LogP contribution >= 0.6 is 0 Å². The highest BCUT2D eigenvalue weighted by Crippen LogP contribution is 2.32. The number of benzene rings is 1. The first kappa shape index (κ1) is 19.1. The summed E-state index contributed by atoms with van der Waals surface area (Å²) in [7, 11) is 0. The van der Waals surface area contributed by atoms with Gasteiger partial charge < -0.3 is 19.1 Å². The van der Waals surface area contributed by atoms with Crippen molar-refractivity contribution in [1.29, 1.82) is 0 Å². The number of carbonyl (C=O) groups is 1. The second-order valence-electron chi connectivity index (χ2n) is 7.68. The van der Waals surface area contributed by atoms with Gasteiger partial charge in [-0.3, -0.25) is 4.79 Å². The minimum Gasteiger partial charge on any atom is -0.508 e. The highest BCUT2D eigenvalue weighted by Gasteiger charge is 2.34. The first-order valence-electron chi connectivity index (χ1n) is 9.82. The normalized spacial score (nSPS) is 21.9. The van der Waals surface area contributed by atoms with Crippen molar-refractivity contribution in [2.24, 2.45) is 0 Å². The zero-order chi connectivity index (χ0) is 20.5. The minimum absolute atomic E-state index is 0.00244. The fourth-order valence-electron chi connectivity index (χ4n) is 4.24. The van der Waals surface area contributed by atoms with Crippen LogP contribution in [0.25, 0.3) is 16.6 Å². The zero-order valence-corrected chi connectivity index (χ0v) is 16.7. The van der Waals surface area contributed by atoms with E-state index in [1.807, 2.05) is 33.7 Å². The Balaban J connectivity index is 1.63. The first-order chi connectivity index (χ1) is 14.0. The van der Waals surface area contributed by atoms with Gasteiger partial charge in [0.05, 0.1) is 12.5 Å². The maximum absolute atomic E-state index is 12.2. The predicted octanol–water partition coefficient (Wildman–Crippen LogP) is 4.04. The minimum atomic E-state index is -0.0315. The van der Waals surface area contributed by atoms with Gasteiger partial charge in [-0.2, -0.15) is 0 Å². The van der Waals surface area contributed by atoms with Crippen molar-refractivity contribution in [1.82, 2.24) is 14.3 Å². The van der Waals surface area contributed by atoms with Crippen molar-refractivity contribution in [2.45, 2.75) is 44.9 Å². The molecule has 0 aliphatic carbocycles. The van der Waals surface area contributed by atoms with Gasteiger partial charge in [0.15, 0.2) is 0 Å². The molecule has 6 nitrogen and oxygen atoms in total. The highest BCUT2D eigenvalue weighted by atomic mass is 16.5. The van der Waals surface area contributed by atoms with Gasteiger partial charge in [0.2, 0.25) is 5.91 Å². The van der Waals surface area contributed by atoms with Crippen molar-refractivity contribution >= 4 is 11.4 Å². The molecule has 1 saturated heterocycles. The lowest BCUT2D eigenvalue weighted by atomic mass is 9.94. The van der Waals surface area contributed by atoms with Gasteiger partial charge in [0, 0.05) is 36.7 Å². The van der Waals surface area contributed by atoms with Crippen LogP contribution in [0.5, 0.6) is 11.5 Å². The van der Waals surface area contributed by atoms with Crippen LogP contribution in [0.15, 0.2) is 61.7 Å². The predicted molar refractivity (Wildman–Crippen MR) is 112 cm³/mol. The Bertz CT molecular complexity index is 1030. The van der Waals surface area contributed by atoms with Gasteiger partial charge in [0.25, 0.3) is 0 Å². The Kier molecular flexibility index (Phi) is 5.01. The molecule has 0 bridgehead atoms. The molecular weight excluding hydrogens is 366 g/mol. The largest absolute Gasteiger partial charge is 0.508 e. The summed E-state index contributed by atoms with van der Waals surface area (Å²) < 4.78 is 8.39. The Hall–Kier alpha value is -3.28. The van der Waals surface area contributed by atoms with E-state index < -0.39 is 0 Å². The molecule has 1 N–H and O–H groups in total. The number of likely N-dealkylation sites (tertiary alicyclic amines) is 1. The third kappa shape index (κ3) is 3.70. The molecule has 2 aromatic heterocycles. The number of amides is 1. The summed E-state index contributed by atoms with van der Waals surface area (Å²) >= 11 is 0. The molecule has 3 aromatic rings. The molecule has 3 heterocycles. The van der Waals surface area contributed by atoms with Crippen molar-refractivity contribution in [3.8, 4) is 22.6 Å². The lowest BCUT2D eigenvalue weighted by molar-refractivity contribution is -0.133. The number of aromatic hydroxyl groups is 1. The Morgan fingerprint density at radius 2 is 1.90 bits per heavy atom. The summed E-state index contributed by atoms with van der Waals surface area (Å²) in [4.78, 5) is 18.3. The number of fused-ring (bicyclic) bond motifs is 1. The summed E-state index contributed by atoms with van der Waals surface area (Å²) in [5, 5.41) is 9.57. The first-order valence-corrected chi connectivity index (χ1v) is 9.82. The van der Waals surface area contributed by atoms with Crippen molar-refractivity contribution in [3.63, 3.8) is 0 Å². The molecule has 0 saturated carbocycles. The number of aromatic nitrogens is 2. The molecule has 6 heteroatoms. The molecule has 4 rings (SSSR count). The number of rotatable bonds is 4. The van der Waals surface area contributed by atoms with E-state index in [-0.39, 0.29) is 29.8 Å². The second kappa shape index (κ2) is 7.62. The van der Waals surface area contributed by atoms with Crippen LogP contribution in [0, 0.1) is 0 Å². The fraction of sp³-hybridized carbons (Fsp3) is 0.304. The number of hydrogen-bond donors (Lipinski definition) is 1. The number of phenols is 1. The maximum Gasteiger partial charge on any atom is 0.246 e. The topological polar surface area (TPSA) is 67.1 Å². The quantitative estimate of drug-likeness (QED) is 0.682. The van der Waals surface area contributed by atoms with Gasteiger partial charge in [-0.1, -0.05) is 18.7 Å². The van der Waals surface area contributed by atoms with Gasteiger partial charge in [-0.05, 0) is 43.7 Å². The third-order valence-corrected chi connectivity index (χ3v) is 5.56. The van der Waals surface area contributed by atoms with Gasteiger partial charge in [0.1, 0.15) is 23.1 Å². The van der Waals surface area contributed by atoms with Crippen molar-refractivity contribution in [2.75, 3.05) is 0 Å². The van der Waals surface area contributed by atoms with E-state index in [2.05, 4.69) is 25.4 Å². The molecule has 1 aliphatic heterocycles. The molecule has 1 fully saturated rings. The third-order valence-electron chi connectivity index (χ3n) is 5.56. The van der Waals surface area contributed by atoms with E-state index in [0.717, 1.165) is 35.2 Å². The summed E-state index contributed by atoms with van der Waals surface area (Å²) in [6.45, 7) is 7.72. The van der Waals surface area contributed by atoms with Crippen molar-refractivity contribution in [3.05, 3.63) is 61.7 Å². The summed E-state index contributed by atoms with van der Waals surface area (Å²) in [6, 6.07) is 9.26. The standard InChI is InChI=1S/C23H25N3O3/c1-4-23(28)26-15(2)9-20(10-16(26)3)29-22-11-18(13-25-14-24-12-21(22)25)17-5-7-19(27)8-6-17/h4-8,11-16,20,27H,1,9-10H2,2-3H3/t15-,16+,20?. The molecule has 29 heavy (non-hydrogen) atoms. The SMILES string of the molecule is C=CC(=O)N1[C@H](C)CC(Oc2cc(-c3ccc(O)cc3)cn3cncc23)C[C@@H]1C. The van der Waals surface area contributed by atoms with Crippen molar-refractivity contribution < 1.29 is 14.6 Å². The van der Waals surface area contributed by atoms with Crippen LogP contribution in [0.3, 0.4) is 0 Å². The van der Waals surface area contributed by atoms with E-state index in [9.17, 15) is 9.90 Å². The average molecular weight is 391 g/mol. The summed E-state index contributed by atoms with van der Waals surface area (Å²) in [5.41, 5.74) is 2.86. The molecule has 1 unspecified atom stereocenters. The molecule has 150 valence electrons. The molecule has 1 aromatic carbocycles. The maximum atomic E-state index is 12.2. The van der Waals surface area contributed by atoms with E-state index in [1.54, 1.807) is 24.7 Å². The van der Waals surface area contributed by atoms with Gasteiger partial charge >= 0.3 is 0 Å². The summed E-state index contributed by atoms with van der Waals surface area (Å²) in [5.74, 6) is 0.967. The van der Waals surface area contributed by atoms with Crippen LogP contribution < -0.4 is 4.74 Å². The number of nitrogens with zero attached hydrogens (tertiary/aromatic N) is 3. The Morgan fingerprint density at radius 3 is 2.55 bits per heavy atom. The van der Waals surface area contributed by atoms with Gasteiger partial charge in [-0.25, -0.2) is 4.98 Å². The molecule has 1 aliphatic rings. The number of ether oxygens (including phenoxy) is 1. The fourth-order valence-corrected chi connectivity index (χ4v) is 4.24. The second-order valence-corrected chi connectivity index (χ2v) is 7.68. The zero-order valence-electron chi connectivity index (χ0n) is 16.7. The highest BCUT2D eigenvalue weighted by molar-refractivity contribution is 5.87. The van der Waals surface area contributed by atoms with Crippen LogP contribution in [0.4, 0.5) is 0 Å². The lowest BCUT2D eigenvalue weighted by Gasteiger charge is -2.42. The number of hydrogen-bond acceptors (Lipinski definition) is 4. The van der Waals surface area contributed by atoms with E-state index in [1.165, 1.54) is 6.08 Å². The molecule has 0 radical (unpaired) electrons. The van der Waals surface area contributed by atoms with E-state index in [4.69, 9.17) is 4.74 Å².